The molecule has 11 heteroatoms. The number of thioether (sulfide) groups is 1. The first-order valence-electron chi connectivity index (χ1n) is 13.3. The highest BCUT2D eigenvalue weighted by atomic mass is 35.5. The minimum Gasteiger partial charge on any atom is -0.488 e. The van der Waals surface area contributed by atoms with Crippen LogP contribution in [0, 0.1) is 0 Å². The Bertz CT molecular complexity index is 1910. The van der Waals surface area contributed by atoms with Crippen LogP contribution in [0.2, 0.25) is 15.1 Å². The van der Waals surface area contributed by atoms with Gasteiger partial charge in [-0.15, -0.1) is 11.8 Å². The van der Waals surface area contributed by atoms with Gasteiger partial charge in [-0.3, -0.25) is 9.36 Å². The Hall–Kier alpha value is -3.01. The molecule has 0 bridgehead atoms. The molecule has 0 saturated heterocycles. The molecule has 0 radical (unpaired) electrons. The van der Waals surface area contributed by atoms with Gasteiger partial charge in [0.25, 0.3) is 5.56 Å². The normalized spacial score (nSPS) is 15.0. The zero-order chi connectivity index (χ0) is 30.8. The summed E-state index contributed by atoms with van der Waals surface area (Å²) in [6.45, 7) is 5.57. The molecule has 1 aliphatic heterocycles. The van der Waals surface area contributed by atoms with Gasteiger partial charge in [0.2, 0.25) is 0 Å². The maximum atomic E-state index is 14.1. The van der Waals surface area contributed by atoms with Crippen LogP contribution in [-0.4, -0.2) is 22.9 Å². The number of nitrogens with zero attached hydrogens (tertiary/aromatic N) is 2. The minimum absolute atomic E-state index is 0.229. The van der Waals surface area contributed by atoms with E-state index in [0.29, 0.717) is 47.0 Å². The SMILES string of the molecule is CSc1ccc([C@@H]2C(C(=O)OC(C)C)=C(C)N=c3s/c(=C\c4cc(Cl)ccc4OCc4ccc(Cl)c(Cl)c4)c(=O)n32)cc1. The van der Waals surface area contributed by atoms with Crippen LogP contribution in [-0.2, 0) is 16.1 Å². The number of ether oxygens (including phenoxy) is 2. The highest BCUT2D eigenvalue weighted by Gasteiger charge is 2.33. The van der Waals surface area contributed by atoms with Crippen molar-refractivity contribution in [3.05, 3.63) is 123 Å². The summed E-state index contributed by atoms with van der Waals surface area (Å²) in [6, 6.07) is 17.6. The van der Waals surface area contributed by atoms with E-state index < -0.39 is 12.0 Å². The number of hydrogen-bond donors (Lipinski definition) is 0. The molecule has 43 heavy (non-hydrogen) atoms. The van der Waals surface area contributed by atoms with E-state index in [1.807, 2.05) is 36.6 Å². The number of thiazole rings is 1. The second-order valence-electron chi connectivity index (χ2n) is 10.0. The molecule has 0 aliphatic carbocycles. The van der Waals surface area contributed by atoms with E-state index in [4.69, 9.17) is 44.3 Å². The molecule has 0 saturated carbocycles. The van der Waals surface area contributed by atoms with Crippen LogP contribution in [0.1, 0.15) is 43.5 Å². The Balaban J connectivity index is 1.60. The Morgan fingerprint density at radius 2 is 1.81 bits per heavy atom. The topological polar surface area (TPSA) is 69.9 Å². The predicted octanol–water partition coefficient (Wildman–Crippen LogP) is 7.45. The Kier molecular flexibility index (Phi) is 9.73. The lowest BCUT2D eigenvalue weighted by atomic mass is 9.96. The number of carbonyl (C=O) groups is 1. The van der Waals surface area contributed by atoms with Gasteiger partial charge in [0.1, 0.15) is 12.4 Å². The number of hydrogen-bond acceptors (Lipinski definition) is 7. The second-order valence-corrected chi connectivity index (χ2v) is 13.2. The summed E-state index contributed by atoms with van der Waals surface area (Å²) < 4.78 is 13.7. The van der Waals surface area contributed by atoms with E-state index in [2.05, 4.69) is 4.99 Å². The molecule has 0 amide bonds. The van der Waals surface area contributed by atoms with Gasteiger partial charge >= 0.3 is 5.97 Å². The van der Waals surface area contributed by atoms with Crippen molar-refractivity contribution >= 4 is 69.9 Å². The number of esters is 1. The van der Waals surface area contributed by atoms with E-state index in [0.717, 1.165) is 16.0 Å². The van der Waals surface area contributed by atoms with Crippen LogP contribution in [0.4, 0.5) is 0 Å². The third-order valence-corrected chi connectivity index (χ3v) is 9.35. The summed E-state index contributed by atoms with van der Waals surface area (Å²) in [6.07, 6.45) is 3.40. The Morgan fingerprint density at radius 1 is 1.07 bits per heavy atom. The number of fused-ring (bicyclic) bond motifs is 1. The quantitative estimate of drug-likeness (QED) is 0.144. The van der Waals surface area contributed by atoms with Crippen molar-refractivity contribution in [3.63, 3.8) is 0 Å². The van der Waals surface area contributed by atoms with Crippen molar-refractivity contribution in [1.82, 2.24) is 4.57 Å². The summed E-state index contributed by atoms with van der Waals surface area (Å²) in [5, 5.41) is 1.38. The summed E-state index contributed by atoms with van der Waals surface area (Å²) in [7, 11) is 0. The van der Waals surface area contributed by atoms with Gasteiger partial charge in [0.15, 0.2) is 4.80 Å². The lowest BCUT2D eigenvalue weighted by molar-refractivity contribution is -0.143. The molecule has 2 heterocycles. The highest BCUT2D eigenvalue weighted by molar-refractivity contribution is 7.98. The molecule has 1 atom stereocenters. The van der Waals surface area contributed by atoms with Gasteiger partial charge in [-0.05, 0) is 86.7 Å². The summed E-state index contributed by atoms with van der Waals surface area (Å²) in [4.78, 5) is 33.6. The minimum atomic E-state index is -0.703. The molecule has 1 aromatic heterocycles. The fraction of sp³-hybridized carbons (Fsp3) is 0.219. The third-order valence-electron chi connectivity index (χ3n) is 6.65. The monoisotopic (exact) mass is 672 g/mol. The Labute approximate surface area is 272 Å². The first-order chi connectivity index (χ1) is 20.5. The van der Waals surface area contributed by atoms with Crippen molar-refractivity contribution in [2.45, 2.75) is 44.4 Å². The van der Waals surface area contributed by atoms with Crippen LogP contribution < -0.4 is 19.6 Å². The predicted molar refractivity (Wildman–Crippen MR) is 175 cm³/mol. The molecular weight excluding hydrogens is 647 g/mol. The first-order valence-corrected chi connectivity index (χ1v) is 16.5. The third kappa shape index (κ3) is 6.89. The lowest BCUT2D eigenvalue weighted by Crippen LogP contribution is -2.40. The van der Waals surface area contributed by atoms with E-state index in [1.54, 1.807) is 73.5 Å². The maximum absolute atomic E-state index is 14.1. The van der Waals surface area contributed by atoms with Crippen molar-refractivity contribution in [1.29, 1.82) is 0 Å². The molecule has 4 aromatic rings. The molecule has 6 nitrogen and oxygen atoms in total. The number of carbonyl (C=O) groups excluding carboxylic acids is 1. The number of benzene rings is 3. The standard InChI is InChI=1S/C32H27Cl3N2O4S2/c1-17(2)41-31(39)28-18(3)36-32-37(29(28)20-6-9-23(42-4)10-7-20)30(38)27(43-32)15-21-14-22(33)8-12-26(21)40-16-19-5-11-24(34)25(35)13-19/h5-15,17,29H,16H2,1-4H3/b27-15-/t29-/m1/s1. The zero-order valence-electron chi connectivity index (χ0n) is 23.7. The average Bonchev–Trinajstić information content (AvgIpc) is 3.27. The number of halogens is 3. The van der Waals surface area contributed by atoms with E-state index in [9.17, 15) is 9.59 Å². The van der Waals surface area contributed by atoms with Gasteiger partial charge in [-0.1, -0.05) is 64.3 Å². The van der Waals surface area contributed by atoms with Crippen LogP contribution in [0.25, 0.3) is 6.08 Å². The average molecular weight is 674 g/mol. The smallest absolute Gasteiger partial charge is 0.338 e. The van der Waals surface area contributed by atoms with E-state index >= 15 is 0 Å². The molecule has 0 spiro atoms. The van der Waals surface area contributed by atoms with Crippen molar-refractivity contribution < 1.29 is 14.3 Å². The zero-order valence-corrected chi connectivity index (χ0v) is 27.6. The summed E-state index contributed by atoms with van der Waals surface area (Å²) in [5.74, 6) is 0.0280. The van der Waals surface area contributed by atoms with Crippen LogP contribution in [0.15, 0.2) is 86.6 Å². The van der Waals surface area contributed by atoms with Crippen molar-refractivity contribution in [2.24, 2.45) is 4.99 Å². The lowest BCUT2D eigenvalue weighted by Gasteiger charge is -2.25. The fourth-order valence-electron chi connectivity index (χ4n) is 4.66. The highest BCUT2D eigenvalue weighted by Crippen LogP contribution is 2.32. The molecule has 0 N–H and O–H groups in total. The molecule has 1 aliphatic rings. The molecule has 0 unspecified atom stereocenters. The maximum Gasteiger partial charge on any atom is 0.338 e. The molecule has 3 aromatic carbocycles. The van der Waals surface area contributed by atoms with E-state index in [-0.39, 0.29) is 18.3 Å². The summed E-state index contributed by atoms with van der Waals surface area (Å²) in [5.41, 5.74) is 2.78. The van der Waals surface area contributed by atoms with Gasteiger partial charge < -0.3 is 9.47 Å². The second kappa shape index (κ2) is 13.3. The van der Waals surface area contributed by atoms with Crippen molar-refractivity contribution in [3.8, 4) is 5.75 Å². The van der Waals surface area contributed by atoms with Gasteiger partial charge in [-0.2, -0.15) is 0 Å². The van der Waals surface area contributed by atoms with Crippen LogP contribution in [0.3, 0.4) is 0 Å². The molecular formula is C32H27Cl3N2O4S2. The van der Waals surface area contributed by atoms with Crippen LogP contribution >= 0.6 is 57.9 Å². The van der Waals surface area contributed by atoms with Crippen LogP contribution in [0.5, 0.6) is 5.75 Å². The van der Waals surface area contributed by atoms with Gasteiger partial charge in [0.05, 0.1) is 38.0 Å². The molecule has 5 rings (SSSR count). The first kappa shape index (κ1) is 31.4. The van der Waals surface area contributed by atoms with Gasteiger partial charge in [-0.25, -0.2) is 9.79 Å². The van der Waals surface area contributed by atoms with E-state index in [1.165, 1.54) is 11.3 Å². The summed E-state index contributed by atoms with van der Waals surface area (Å²) >= 11 is 21.4. The Morgan fingerprint density at radius 3 is 2.49 bits per heavy atom. The molecule has 0 fully saturated rings. The van der Waals surface area contributed by atoms with Crippen molar-refractivity contribution in [2.75, 3.05) is 6.26 Å². The fourth-order valence-corrected chi connectivity index (χ4v) is 6.60. The number of rotatable bonds is 8. The number of allylic oxidation sites excluding steroid dienone is 1. The van der Waals surface area contributed by atoms with Gasteiger partial charge in [0, 0.05) is 15.5 Å². The largest absolute Gasteiger partial charge is 0.488 e. The number of aromatic nitrogens is 1. The molecule has 222 valence electrons.